The van der Waals surface area contributed by atoms with Crippen LogP contribution in [0.4, 0.5) is 0 Å². The SMILES string of the molecule is Cc1nc(CC2(O)CC(C)OC(C)C2)cs1. The number of ether oxygens (including phenoxy) is 1. The van der Waals surface area contributed by atoms with Crippen molar-refractivity contribution in [2.75, 3.05) is 0 Å². The van der Waals surface area contributed by atoms with Gasteiger partial charge in [-0.3, -0.25) is 0 Å². The molecular weight excluding hydrogens is 222 g/mol. The Kier molecular flexibility index (Phi) is 3.33. The zero-order valence-corrected chi connectivity index (χ0v) is 10.9. The lowest BCUT2D eigenvalue weighted by molar-refractivity contribution is -0.131. The summed E-state index contributed by atoms with van der Waals surface area (Å²) in [7, 11) is 0. The Morgan fingerprint density at radius 3 is 2.62 bits per heavy atom. The number of rotatable bonds is 2. The van der Waals surface area contributed by atoms with Gasteiger partial charge >= 0.3 is 0 Å². The molecule has 0 amide bonds. The molecule has 1 aromatic rings. The summed E-state index contributed by atoms with van der Waals surface area (Å²) < 4.78 is 5.65. The van der Waals surface area contributed by atoms with Crippen molar-refractivity contribution in [1.82, 2.24) is 4.98 Å². The monoisotopic (exact) mass is 241 g/mol. The number of thiazole rings is 1. The first kappa shape index (κ1) is 12.0. The van der Waals surface area contributed by atoms with Crippen molar-refractivity contribution in [3.8, 4) is 0 Å². The van der Waals surface area contributed by atoms with E-state index < -0.39 is 5.60 Å². The molecule has 2 heterocycles. The van der Waals surface area contributed by atoms with E-state index in [1.54, 1.807) is 11.3 Å². The lowest BCUT2D eigenvalue weighted by Crippen LogP contribution is -2.44. The van der Waals surface area contributed by atoms with Gasteiger partial charge in [0.1, 0.15) is 0 Å². The van der Waals surface area contributed by atoms with Gasteiger partial charge in [-0.15, -0.1) is 11.3 Å². The summed E-state index contributed by atoms with van der Waals surface area (Å²) >= 11 is 1.64. The fourth-order valence-corrected chi connectivity index (χ4v) is 3.23. The molecule has 2 atom stereocenters. The van der Waals surface area contributed by atoms with Crippen molar-refractivity contribution in [1.29, 1.82) is 0 Å². The number of hydrogen-bond donors (Lipinski definition) is 1. The zero-order valence-electron chi connectivity index (χ0n) is 10.1. The van der Waals surface area contributed by atoms with Crippen LogP contribution in [0.1, 0.15) is 37.4 Å². The standard InChI is InChI=1S/C12H19NO2S/c1-8-4-12(14,5-9(2)15-8)6-11-7-16-10(3)13-11/h7-9,14H,4-6H2,1-3H3. The summed E-state index contributed by atoms with van der Waals surface area (Å²) in [6.07, 6.45) is 2.32. The first-order chi connectivity index (χ1) is 7.47. The summed E-state index contributed by atoms with van der Waals surface area (Å²) in [5.41, 5.74) is 0.365. The Labute approximate surface area is 100 Å². The van der Waals surface area contributed by atoms with Gasteiger partial charge in [-0.2, -0.15) is 0 Å². The van der Waals surface area contributed by atoms with E-state index in [9.17, 15) is 5.11 Å². The first-order valence-corrected chi connectivity index (χ1v) is 6.64. The number of nitrogens with zero attached hydrogens (tertiary/aromatic N) is 1. The molecule has 0 bridgehead atoms. The smallest absolute Gasteiger partial charge is 0.0897 e. The average molecular weight is 241 g/mol. The third-order valence-electron chi connectivity index (χ3n) is 2.98. The molecule has 2 unspecified atom stereocenters. The fourth-order valence-electron chi connectivity index (χ4n) is 2.62. The molecule has 4 heteroatoms. The Balaban J connectivity index is 2.07. The van der Waals surface area contributed by atoms with Crippen molar-refractivity contribution in [2.45, 2.75) is 57.8 Å². The molecule has 1 aliphatic heterocycles. The van der Waals surface area contributed by atoms with Crippen LogP contribution >= 0.6 is 11.3 Å². The van der Waals surface area contributed by atoms with E-state index in [1.807, 2.05) is 26.2 Å². The van der Waals surface area contributed by atoms with Crippen LogP contribution < -0.4 is 0 Å². The van der Waals surface area contributed by atoms with Crippen LogP contribution in [0.3, 0.4) is 0 Å². The molecule has 1 saturated heterocycles. The highest BCUT2D eigenvalue weighted by atomic mass is 32.1. The molecule has 0 spiro atoms. The lowest BCUT2D eigenvalue weighted by atomic mass is 9.84. The van der Waals surface area contributed by atoms with E-state index in [2.05, 4.69) is 4.98 Å². The van der Waals surface area contributed by atoms with E-state index in [0.717, 1.165) is 10.7 Å². The maximum atomic E-state index is 10.6. The number of hydrogen-bond acceptors (Lipinski definition) is 4. The maximum absolute atomic E-state index is 10.6. The van der Waals surface area contributed by atoms with Gasteiger partial charge in [-0.05, 0) is 20.8 Å². The van der Waals surface area contributed by atoms with Crippen LogP contribution in [0.25, 0.3) is 0 Å². The predicted molar refractivity (Wildman–Crippen MR) is 64.7 cm³/mol. The average Bonchev–Trinajstić information content (AvgIpc) is 2.47. The Morgan fingerprint density at radius 2 is 2.12 bits per heavy atom. The Morgan fingerprint density at radius 1 is 1.50 bits per heavy atom. The van der Waals surface area contributed by atoms with E-state index in [4.69, 9.17) is 4.74 Å². The predicted octanol–water partition coefficient (Wildman–Crippen LogP) is 2.31. The van der Waals surface area contributed by atoms with Crippen molar-refractivity contribution in [3.63, 3.8) is 0 Å². The Hall–Kier alpha value is -0.450. The van der Waals surface area contributed by atoms with Gasteiger partial charge in [0.15, 0.2) is 0 Å². The van der Waals surface area contributed by atoms with Crippen molar-refractivity contribution in [2.24, 2.45) is 0 Å². The minimum absolute atomic E-state index is 0.133. The lowest BCUT2D eigenvalue weighted by Gasteiger charge is -2.38. The molecule has 0 aromatic carbocycles. The van der Waals surface area contributed by atoms with Crippen LogP contribution in [-0.4, -0.2) is 27.9 Å². The molecule has 0 radical (unpaired) electrons. The highest BCUT2D eigenvalue weighted by molar-refractivity contribution is 7.09. The molecule has 0 aliphatic carbocycles. The highest BCUT2D eigenvalue weighted by Gasteiger charge is 2.37. The summed E-state index contributed by atoms with van der Waals surface area (Å²) in [4.78, 5) is 4.42. The molecule has 2 rings (SSSR count). The van der Waals surface area contributed by atoms with Crippen LogP contribution in [0, 0.1) is 6.92 Å². The van der Waals surface area contributed by atoms with Gasteiger partial charge in [0.2, 0.25) is 0 Å². The van der Waals surface area contributed by atoms with Crippen LogP contribution in [0.2, 0.25) is 0 Å². The van der Waals surface area contributed by atoms with E-state index in [-0.39, 0.29) is 12.2 Å². The highest BCUT2D eigenvalue weighted by Crippen LogP contribution is 2.31. The van der Waals surface area contributed by atoms with Crippen molar-refractivity contribution >= 4 is 11.3 Å². The first-order valence-electron chi connectivity index (χ1n) is 5.76. The molecule has 3 nitrogen and oxygen atoms in total. The van der Waals surface area contributed by atoms with Crippen LogP contribution in [0.5, 0.6) is 0 Å². The van der Waals surface area contributed by atoms with E-state index >= 15 is 0 Å². The number of aliphatic hydroxyl groups is 1. The maximum Gasteiger partial charge on any atom is 0.0897 e. The van der Waals surface area contributed by atoms with Crippen LogP contribution in [-0.2, 0) is 11.2 Å². The minimum atomic E-state index is -0.641. The van der Waals surface area contributed by atoms with Crippen LogP contribution in [0.15, 0.2) is 5.38 Å². The van der Waals surface area contributed by atoms with Gasteiger partial charge in [0.05, 0.1) is 28.5 Å². The summed E-state index contributed by atoms with van der Waals surface area (Å²) in [5.74, 6) is 0. The van der Waals surface area contributed by atoms with Gasteiger partial charge in [-0.25, -0.2) is 4.98 Å². The Bertz CT molecular complexity index is 354. The van der Waals surface area contributed by atoms with E-state index in [0.29, 0.717) is 19.3 Å². The number of aromatic nitrogens is 1. The van der Waals surface area contributed by atoms with Crippen molar-refractivity contribution < 1.29 is 9.84 Å². The second-order valence-electron chi connectivity index (χ2n) is 4.92. The topological polar surface area (TPSA) is 42.4 Å². The molecule has 90 valence electrons. The van der Waals surface area contributed by atoms with E-state index in [1.165, 1.54) is 0 Å². The van der Waals surface area contributed by atoms with Gasteiger partial charge < -0.3 is 9.84 Å². The third kappa shape index (κ3) is 2.81. The van der Waals surface area contributed by atoms with Gasteiger partial charge in [0, 0.05) is 24.6 Å². The summed E-state index contributed by atoms with van der Waals surface area (Å²) in [6, 6.07) is 0. The zero-order chi connectivity index (χ0) is 11.8. The fraction of sp³-hybridized carbons (Fsp3) is 0.750. The second kappa shape index (κ2) is 4.43. The number of aryl methyl sites for hydroxylation is 1. The van der Waals surface area contributed by atoms with Gasteiger partial charge in [0.25, 0.3) is 0 Å². The third-order valence-corrected chi connectivity index (χ3v) is 3.80. The molecule has 1 aliphatic rings. The summed E-state index contributed by atoms with van der Waals surface area (Å²) in [6.45, 7) is 6.04. The summed E-state index contributed by atoms with van der Waals surface area (Å²) in [5, 5.41) is 13.7. The normalized spacial score (nSPS) is 35.2. The van der Waals surface area contributed by atoms with Gasteiger partial charge in [-0.1, -0.05) is 0 Å². The molecule has 1 fully saturated rings. The molecule has 1 N–H and O–H groups in total. The quantitative estimate of drug-likeness (QED) is 0.864. The minimum Gasteiger partial charge on any atom is -0.389 e. The largest absolute Gasteiger partial charge is 0.389 e. The van der Waals surface area contributed by atoms with Crippen molar-refractivity contribution in [3.05, 3.63) is 16.1 Å². The molecule has 0 saturated carbocycles. The molecule has 16 heavy (non-hydrogen) atoms. The molecular formula is C12H19NO2S. The molecule has 1 aromatic heterocycles. The second-order valence-corrected chi connectivity index (χ2v) is 5.99.